The molecule has 3 aromatic rings. The molecule has 1 aromatic carbocycles. The molecule has 3 heterocycles. The van der Waals surface area contributed by atoms with Crippen molar-refractivity contribution >= 4 is 28.4 Å². The monoisotopic (exact) mass is 474 g/mol. The number of H-pyrrole nitrogens is 1. The lowest BCUT2D eigenvalue weighted by molar-refractivity contribution is -0.137. The standard InChI is InChI=1S/C27H34N6O2/c1-32-12-14-33(15-13-32)27(34)18-10-11-21-20(16-18)24-25(30-21)28-17-29-26(24)31-22-8-4-5-9-23(22)35-19-6-2-3-7-19/h4-5,8-9,17-19H,2-3,6-7,10-16H2,1H3,(H2,28,29,30,31)/t18-/m1/s1. The molecule has 0 spiro atoms. The van der Waals surface area contributed by atoms with Gasteiger partial charge in [-0.1, -0.05) is 12.1 Å². The molecule has 6 rings (SSSR count). The topological polar surface area (TPSA) is 86.4 Å². The van der Waals surface area contributed by atoms with E-state index < -0.39 is 0 Å². The van der Waals surface area contributed by atoms with Crippen LogP contribution < -0.4 is 10.1 Å². The Morgan fingerprint density at radius 1 is 1.09 bits per heavy atom. The number of nitrogens with zero attached hydrogens (tertiary/aromatic N) is 4. The van der Waals surface area contributed by atoms with Gasteiger partial charge in [0, 0.05) is 37.8 Å². The van der Waals surface area contributed by atoms with Crippen LogP contribution in [0.15, 0.2) is 30.6 Å². The van der Waals surface area contributed by atoms with Crippen LogP contribution >= 0.6 is 0 Å². The molecule has 0 bridgehead atoms. The third-order valence-electron chi connectivity index (χ3n) is 7.88. The maximum absolute atomic E-state index is 13.3. The van der Waals surface area contributed by atoms with Gasteiger partial charge in [-0.3, -0.25) is 4.79 Å². The zero-order valence-corrected chi connectivity index (χ0v) is 20.4. The van der Waals surface area contributed by atoms with Crippen molar-refractivity contribution in [2.45, 2.75) is 51.0 Å². The van der Waals surface area contributed by atoms with Crippen molar-refractivity contribution in [3.8, 4) is 5.75 Å². The van der Waals surface area contributed by atoms with E-state index in [2.05, 4.69) is 37.1 Å². The number of hydrogen-bond donors (Lipinski definition) is 2. The van der Waals surface area contributed by atoms with E-state index >= 15 is 0 Å². The number of para-hydroxylation sites is 2. The summed E-state index contributed by atoms with van der Waals surface area (Å²) in [5.74, 6) is 1.93. The lowest BCUT2D eigenvalue weighted by atomic mass is 9.85. The fraction of sp³-hybridized carbons (Fsp3) is 0.519. The highest BCUT2D eigenvalue weighted by molar-refractivity contribution is 5.94. The summed E-state index contributed by atoms with van der Waals surface area (Å²) >= 11 is 0. The Morgan fingerprint density at radius 3 is 2.71 bits per heavy atom. The molecule has 3 aliphatic rings. The smallest absolute Gasteiger partial charge is 0.226 e. The van der Waals surface area contributed by atoms with Gasteiger partial charge in [-0.05, 0) is 69.7 Å². The molecule has 2 aromatic heterocycles. The second-order valence-electron chi connectivity index (χ2n) is 10.2. The largest absolute Gasteiger partial charge is 0.488 e. The zero-order valence-electron chi connectivity index (χ0n) is 20.4. The second kappa shape index (κ2) is 9.49. The molecule has 8 nitrogen and oxygen atoms in total. The molecule has 2 fully saturated rings. The maximum Gasteiger partial charge on any atom is 0.226 e. The van der Waals surface area contributed by atoms with Crippen LogP contribution in [0.4, 0.5) is 11.5 Å². The van der Waals surface area contributed by atoms with Crippen molar-refractivity contribution in [2.75, 3.05) is 38.5 Å². The fourth-order valence-corrected chi connectivity index (χ4v) is 5.82. The Bertz CT molecular complexity index is 1210. The molecule has 1 atom stereocenters. The van der Waals surface area contributed by atoms with Gasteiger partial charge in [0.15, 0.2) is 0 Å². The van der Waals surface area contributed by atoms with Crippen molar-refractivity contribution in [2.24, 2.45) is 5.92 Å². The van der Waals surface area contributed by atoms with Gasteiger partial charge in [-0.25, -0.2) is 9.97 Å². The van der Waals surface area contributed by atoms with Crippen LogP contribution in [0.3, 0.4) is 0 Å². The quantitative estimate of drug-likeness (QED) is 0.583. The van der Waals surface area contributed by atoms with Gasteiger partial charge in [0.25, 0.3) is 0 Å². The first kappa shape index (κ1) is 22.3. The van der Waals surface area contributed by atoms with Gasteiger partial charge in [0.2, 0.25) is 5.91 Å². The number of carbonyl (C=O) groups is 1. The number of piperazine rings is 1. The summed E-state index contributed by atoms with van der Waals surface area (Å²) in [7, 11) is 2.12. The Hall–Kier alpha value is -3.13. The summed E-state index contributed by atoms with van der Waals surface area (Å²) in [6.07, 6.45) is 9.02. The molecule has 1 saturated carbocycles. The van der Waals surface area contributed by atoms with E-state index in [-0.39, 0.29) is 12.0 Å². The fourth-order valence-electron chi connectivity index (χ4n) is 5.82. The number of fused-ring (bicyclic) bond motifs is 3. The summed E-state index contributed by atoms with van der Waals surface area (Å²) in [6, 6.07) is 8.09. The highest BCUT2D eigenvalue weighted by Crippen LogP contribution is 2.37. The van der Waals surface area contributed by atoms with E-state index in [0.29, 0.717) is 5.91 Å². The van der Waals surface area contributed by atoms with Crippen LogP contribution in [0.25, 0.3) is 11.0 Å². The van der Waals surface area contributed by atoms with Crippen molar-refractivity contribution in [1.29, 1.82) is 0 Å². The molecule has 35 heavy (non-hydrogen) atoms. The molecule has 0 unspecified atom stereocenters. The van der Waals surface area contributed by atoms with Gasteiger partial charge in [0.05, 0.1) is 17.2 Å². The predicted molar refractivity (Wildman–Crippen MR) is 136 cm³/mol. The van der Waals surface area contributed by atoms with Crippen LogP contribution in [0.5, 0.6) is 5.75 Å². The minimum atomic E-state index is 0.0101. The number of benzene rings is 1. The average Bonchev–Trinajstić information content (AvgIpc) is 3.53. The van der Waals surface area contributed by atoms with Crippen molar-refractivity contribution in [3.63, 3.8) is 0 Å². The summed E-state index contributed by atoms with van der Waals surface area (Å²) < 4.78 is 6.34. The number of carbonyl (C=O) groups excluding carboxylic acids is 1. The number of aromatic amines is 1. The van der Waals surface area contributed by atoms with Crippen LogP contribution in [0, 0.1) is 5.92 Å². The van der Waals surface area contributed by atoms with E-state index in [1.54, 1.807) is 6.33 Å². The minimum Gasteiger partial charge on any atom is -0.488 e. The van der Waals surface area contributed by atoms with Crippen molar-refractivity contribution in [1.82, 2.24) is 24.8 Å². The minimum absolute atomic E-state index is 0.0101. The third kappa shape index (κ3) is 4.47. The number of ether oxygens (including phenoxy) is 1. The number of anilines is 2. The molecular weight excluding hydrogens is 440 g/mol. The van der Waals surface area contributed by atoms with Crippen LogP contribution in [-0.4, -0.2) is 70.0 Å². The van der Waals surface area contributed by atoms with Gasteiger partial charge in [-0.2, -0.15) is 0 Å². The second-order valence-corrected chi connectivity index (χ2v) is 10.2. The lowest BCUT2D eigenvalue weighted by Gasteiger charge is -2.35. The molecule has 184 valence electrons. The Morgan fingerprint density at radius 2 is 1.89 bits per heavy atom. The third-order valence-corrected chi connectivity index (χ3v) is 7.88. The van der Waals surface area contributed by atoms with Crippen molar-refractivity contribution < 1.29 is 9.53 Å². The number of aromatic nitrogens is 3. The SMILES string of the molecule is CN1CCN(C(=O)[C@@H]2CCc3[nH]c4ncnc(Nc5ccccc5OC5CCCC5)c4c3C2)CC1. The first-order valence-corrected chi connectivity index (χ1v) is 13.0. The van der Waals surface area contributed by atoms with Gasteiger partial charge in [-0.15, -0.1) is 0 Å². The van der Waals surface area contributed by atoms with E-state index in [1.165, 1.54) is 24.1 Å². The normalized spacial score (nSPS) is 21.3. The van der Waals surface area contributed by atoms with Crippen LogP contribution in [0.2, 0.25) is 0 Å². The number of rotatable bonds is 5. The molecule has 1 saturated heterocycles. The predicted octanol–water partition coefficient (Wildman–Crippen LogP) is 3.90. The maximum atomic E-state index is 13.3. The average molecular weight is 475 g/mol. The molecular formula is C27H34N6O2. The first-order valence-electron chi connectivity index (χ1n) is 13.0. The Kier molecular flexibility index (Phi) is 6.06. The summed E-state index contributed by atoms with van der Waals surface area (Å²) in [4.78, 5) is 30.3. The highest BCUT2D eigenvalue weighted by atomic mass is 16.5. The number of likely N-dealkylation sites (N-methyl/N-ethyl adjacent to an activating group) is 1. The van der Waals surface area contributed by atoms with Crippen molar-refractivity contribution in [3.05, 3.63) is 41.9 Å². The summed E-state index contributed by atoms with van der Waals surface area (Å²) in [5, 5.41) is 4.54. The van der Waals surface area contributed by atoms with Gasteiger partial charge >= 0.3 is 0 Å². The van der Waals surface area contributed by atoms with E-state index in [1.807, 2.05) is 24.3 Å². The lowest BCUT2D eigenvalue weighted by Crippen LogP contribution is -2.49. The number of nitrogens with one attached hydrogen (secondary N) is 2. The van der Waals surface area contributed by atoms with E-state index in [9.17, 15) is 4.79 Å². The van der Waals surface area contributed by atoms with Crippen LogP contribution in [-0.2, 0) is 17.6 Å². The number of amides is 1. The molecule has 1 amide bonds. The Balaban J connectivity index is 1.27. The first-order chi connectivity index (χ1) is 17.2. The number of hydrogen-bond acceptors (Lipinski definition) is 6. The van der Waals surface area contributed by atoms with E-state index in [0.717, 1.165) is 86.6 Å². The summed E-state index contributed by atoms with van der Waals surface area (Å²) in [6.45, 7) is 3.53. The van der Waals surface area contributed by atoms with Crippen LogP contribution in [0.1, 0.15) is 43.4 Å². The number of aryl methyl sites for hydroxylation is 1. The molecule has 0 radical (unpaired) electrons. The van der Waals surface area contributed by atoms with Gasteiger partial charge < -0.3 is 24.8 Å². The molecule has 1 aliphatic heterocycles. The summed E-state index contributed by atoms with van der Waals surface area (Å²) in [5.41, 5.74) is 4.10. The molecule has 2 aliphatic carbocycles. The van der Waals surface area contributed by atoms with Gasteiger partial charge in [0.1, 0.15) is 23.5 Å². The Labute approximate surface area is 206 Å². The zero-order chi connectivity index (χ0) is 23.8. The van der Waals surface area contributed by atoms with E-state index in [4.69, 9.17) is 4.74 Å². The highest BCUT2D eigenvalue weighted by Gasteiger charge is 2.32. The molecule has 2 N–H and O–H groups in total. The molecule has 8 heteroatoms.